The standard InChI is InChI=1S/C21H24O/c1-5-16(2)10-11-17(3)19-12-13-21-20(15-19)18(4)9-7-6-8-14-22-21/h5-12,15,21H,3-4,13-14H2,1-2H3/b8-6-,9-7-,11-10-,16-5-/t21-/m0/s1. The van der Waals surface area contributed by atoms with Gasteiger partial charge in [0.05, 0.1) is 12.7 Å². The van der Waals surface area contributed by atoms with Crippen LogP contribution in [-0.4, -0.2) is 12.7 Å². The maximum Gasteiger partial charge on any atom is 0.0869 e. The van der Waals surface area contributed by atoms with Crippen molar-refractivity contribution in [3.63, 3.8) is 0 Å². The highest BCUT2D eigenvalue weighted by Crippen LogP contribution is 2.30. The van der Waals surface area contributed by atoms with E-state index in [0.717, 1.165) is 28.7 Å². The van der Waals surface area contributed by atoms with Gasteiger partial charge in [0.25, 0.3) is 0 Å². The van der Waals surface area contributed by atoms with E-state index in [-0.39, 0.29) is 6.10 Å². The van der Waals surface area contributed by atoms with Crippen LogP contribution in [0.2, 0.25) is 0 Å². The highest BCUT2D eigenvalue weighted by atomic mass is 16.5. The Morgan fingerprint density at radius 2 is 2.14 bits per heavy atom. The van der Waals surface area contributed by atoms with Crippen molar-refractivity contribution in [2.75, 3.05) is 6.61 Å². The largest absolute Gasteiger partial charge is 0.369 e. The van der Waals surface area contributed by atoms with Crippen molar-refractivity contribution >= 4 is 0 Å². The van der Waals surface area contributed by atoms with Crippen LogP contribution in [0, 0.1) is 0 Å². The lowest BCUT2D eigenvalue weighted by Crippen LogP contribution is -2.19. The molecule has 0 radical (unpaired) electrons. The van der Waals surface area contributed by atoms with Crippen LogP contribution in [0.3, 0.4) is 0 Å². The second kappa shape index (κ2) is 7.77. The molecule has 0 saturated heterocycles. The predicted octanol–water partition coefficient (Wildman–Crippen LogP) is 5.39. The summed E-state index contributed by atoms with van der Waals surface area (Å²) < 4.78 is 5.92. The van der Waals surface area contributed by atoms with E-state index in [9.17, 15) is 0 Å². The number of hydrogen-bond donors (Lipinski definition) is 0. The zero-order valence-electron chi connectivity index (χ0n) is 13.5. The Balaban J connectivity index is 2.22. The van der Waals surface area contributed by atoms with Crippen molar-refractivity contribution < 1.29 is 4.74 Å². The minimum atomic E-state index is 0.0812. The Hall–Kier alpha value is -2.12. The number of fused-ring (bicyclic) bond motifs is 1. The molecule has 2 aliphatic rings. The molecular formula is C21H24O. The van der Waals surface area contributed by atoms with E-state index in [2.05, 4.69) is 50.5 Å². The lowest BCUT2D eigenvalue weighted by molar-refractivity contribution is 0.104. The molecule has 1 atom stereocenters. The van der Waals surface area contributed by atoms with E-state index in [0.29, 0.717) is 6.61 Å². The van der Waals surface area contributed by atoms with Gasteiger partial charge in [0.2, 0.25) is 0 Å². The van der Waals surface area contributed by atoms with Crippen LogP contribution in [0.15, 0.2) is 95.7 Å². The zero-order valence-corrected chi connectivity index (χ0v) is 13.5. The Kier molecular flexibility index (Phi) is 5.74. The van der Waals surface area contributed by atoms with Crippen molar-refractivity contribution in [2.45, 2.75) is 26.4 Å². The van der Waals surface area contributed by atoms with Gasteiger partial charge in [-0.3, -0.25) is 0 Å². The summed E-state index contributed by atoms with van der Waals surface area (Å²) in [6.07, 6.45) is 19.6. The lowest BCUT2D eigenvalue weighted by Gasteiger charge is -2.24. The third kappa shape index (κ3) is 4.19. The minimum Gasteiger partial charge on any atom is -0.369 e. The van der Waals surface area contributed by atoms with E-state index >= 15 is 0 Å². The smallest absolute Gasteiger partial charge is 0.0869 e. The van der Waals surface area contributed by atoms with Crippen molar-refractivity contribution in [3.05, 3.63) is 95.7 Å². The van der Waals surface area contributed by atoms with Crippen LogP contribution in [0.5, 0.6) is 0 Å². The Morgan fingerprint density at radius 1 is 1.32 bits per heavy atom. The van der Waals surface area contributed by atoms with Crippen LogP contribution in [-0.2, 0) is 4.74 Å². The summed E-state index contributed by atoms with van der Waals surface area (Å²) in [5.74, 6) is 0. The summed E-state index contributed by atoms with van der Waals surface area (Å²) in [6, 6.07) is 0. The zero-order chi connectivity index (χ0) is 15.9. The third-order valence-corrected chi connectivity index (χ3v) is 3.89. The summed E-state index contributed by atoms with van der Waals surface area (Å²) in [6.45, 7) is 13.1. The fourth-order valence-electron chi connectivity index (χ4n) is 2.36. The second-order valence-corrected chi connectivity index (χ2v) is 5.52. The third-order valence-electron chi connectivity index (χ3n) is 3.89. The van der Waals surface area contributed by atoms with Gasteiger partial charge in [0.1, 0.15) is 0 Å². The molecular weight excluding hydrogens is 268 g/mol. The molecule has 0 bridgehead atoms. The number of rotatable bonds is 3. The van der Waals surface area contributed by atoms with Crippen LogP contribution in [0.1, 0.15) is 20.3 Å². The highest BCUT2D eigenvalue weighted by Gasteiger charge is 2.20. The molecule has 1 nitrogen and oxygen atoms in total. The summed E-state index contributed by atoms with van der Waals surface area (Å²) in [5.41, 5.74) is 5.55. The molecule has 0 aromatic heterocycles. The van der Waals surface area contributed by atoms with Crippen molar-refractivity contribution in [3.8, 4) is 0 Å². The Morgan fingerprint density at radius 3 is 2.91 bits per heavy atom. The van der Waals surface area contributed by atoms with Gasteiger partial charge in [-0.05, 0) is 48.6 Å². The molecule has 0 N–H and O–H groups in total. The molecule has 1 heteroatoms. The molecule has 0 aromatic carbocycles. The predicted molar refractivity (Wildman–Crippen MR) is 95.7 cm³/mol. The molecule has 0 unspecified atom stereocenters. The molecule has 0 aromatic rings. The van der Waals surface area contributed by atoms with Gasteiger partial charge >= 0.3 is 0 Å². The first-order valence-corrected chi connectivity index (χ1v) is 7.68. The highest BCUT2D eigenvalue weighted by molar-refractivity contribution is 5.55. The van der Waals surface area contributed by atoms with Gasteiger partial charge in [-0.25, -0.2) is 0 Å². The topological polar surface area (TPSA) is 9.23 Å². The molecule has 22 heavy (non-hydrogen) atoms. The second-order valence-electron chi connectivity index (χ2n) is 5.52. The maximum absolute atomic E-state index is 5.92. The number of hydrogen-bond acceptors (Lipinski definition) is 1. The van der Waals surface area contributed by atoms with E-state index in [4.69, 9.17) is 4.74 Å². The van der Waals surface area contributed by atoms with Crippen LogP contribution >= 0.6 is 0 Å². The Labute approximate surface area is 134 Å². The first-order valence-electron chi connectivity index (χ1n) is 7.68. The van der Waals surface area contributed by atoms with E-state index in [1.165, 1.54) is 5.57 Å². The molecule has 1 aliphatic carbocycles. The van der Waals surface area contributed by atoms with E-state index in [1.807, 2.05) is 31.2 Å². The summed E-state index contributed by atoms with van der Waals surface area (Å²) >= 11 is 0. The van der Waals surface area contributed by atoms with Crippen molar-refractivity contribution in [1.82, 2.24) is 0 Å². The fourth-order valence-corrected chi connectivity index (χ4v) is 2.36. The first kappa shape index (κ1) is 16.3. The number of allylic oxidation sites excluding steroid dienone is 10. The first-order chi connectivity index (χ1) is 10.6. The van der Waals surface area contributed by atoms with Crippen LogP contribution < -0.4 is 0 Å². The number of ether oxygens (including phenoxy) is 1. The van der Waals surface area contributed by atoms with Gasteiger partial charge in [-0.1, -0.05) is 67.3 Å². The van der Waals surface area contributed by atoms with Crippen LogP contribution in [0.25, 0.3) is 0 Å². The molecule has 1 heterocycles. The monoisotopic (exact) mass is 292 g/mol. The lowest BCUT2D eigenvalue weighted by atomic mass is 9.89. The van der Waals surface area contributed by atoms with Gasteiger partial charge < -0.3 is 4.74 Å². The average Bonchev–Trinajstić information content (AvgIpc) is 2.63. The summed E-state index contributed by atoms with van der Waals surface area (Å²) in [5, 5.41) is 0. The maximum atomic E-state index is 5.92. The summed E-state index contributed by atoms with van der Waals surface area (Å²) in [4.78, 5) is 0. The Bertz CT molecular complexity index is 633. The van der Waals surface area contributed by atoms with Gasteiger partial charge in [-0.2, -0.15) is 0 Å². The SMILES string of the molecule is C=C(/C=C\C(C)=C/C)C1=CC[C@@H]2OC/C=C\C=C/C(=C)C2=C1. The quantitative estimate of drug-likeness (QED) is 0.634. The average molecular weight is 292 g/mol. The fraction of sp³-hybridized carbons (Fsp3) is 0.238. The van der Waals surface area contributed by atoms with Crippen molar-refractivity contribution in [1.29, 1.82) is 0 Å². The van der Waals surface area contributed by atoms with Crippen LogP contribution in [0.4, 0.5) is 0 Å². The molecule has 0 saturated carbocycles. The molecule has 0 amide bonds. The molecule has 2 rings (SSSR count). The molecule has 114 valence electrons. The molecule has 0 fully saturated rings. The van der Waals surface area contributed by atoms with Crippen molar-refractivity contribution in [2.24, 2.45) is 0 Å². The molecule has 0 spiro atoms. The molecule has 1 aliphatic heterocycles. The van der Waals surface area contributed by atoms with Gasteiger partial charge in [-0.15, -0.1) is 0 Å². The van der Waals surface area contributed by atoms with Gasteiger partial charge in [0.15, 0.2) is 0 Å². The normalized spacial score (nSPS) is 25.5. The van der Waals surface area contributed by atoms with E-state index < -0.39 is 0 Å². The summed E-state index contributed by atoms with van der Waals surface area (Å²) in [7, 11) is 0. The van der Waals surface area contributed by atoms with Gasteiger partial charge in [0, 0.05) is 0 Å². The minimum absolute atomic E-state index is 0.0812. The van der Waals surface area contributed by atoms with E-state index in [1.54, 1.807) is 0 Å².